The summed E-state index contributed by atoms with van der Waals surface area (Å²) < 4.78 is 39.5. The van der Waals surface area contributed by atoms with Crippen LogP contribution >= 0.6 is 7.82 Å². The molecule has 0 saturated heterocycles. The molecule has 3 atom stereocenters. The van der Waals surface area contributed by atoms with Crippen LogP contribution in [0.1, 0.15) is 265 Å². The van der Waals surface area contributed by atoms with E-state index in [4.69, 9.17) is 23.3 Å². The monoisotopic (exact) mass is 1030 g/mol. The molecule has 0 aromatic carbocycles. The van der Waals surface area contributed by atoms with E-state index in [0.29, 0.717) is 19.3 Å². The maximum atomic E-state index is 12.9. The zero-order chi connectivity index (χ0) is 52.7. The molecular weight excluding hydrogens is 928 g/mol. The number of carbonyl (C=O) groups excluding carboxylic acids is 3. The molecular formula is C60H107O11P. The van der Waals surface area contributed by atoms with E-state index in [0.717, 1.165) is 116 Å². The van der Waals surface area contributed by atoms with Gasteiger partial charge in [0, 0.05) is 19.3 Å². The van der Waals surface area contributed by atoms with Crippen molar-refractivity contribution in [2.75, 3.05) is 26.4 Å². The van der Waals surface area contributed by atoms with Crippen molar-refractivity contribution in [1.82, 2.24) is 0 Å². The first-order valence-electron chi connectivity index (χ1n) is 29.2. The molecule has 0 rings (SSSR count). The highest BCUT2D eigenvalue weighted by Gasteiger charge is 2.28. The van der Waals surface area contributed by atoms with Gasteiger partial charge in [-0.05, 0) is 89.9 Å². The molecule has 0 spiro atoms. The Morgan fingerprint density at radius 2 is 0.681 bits per heavy atom. The molecule has 0 amide bonds. The van der Waals surface area contributed by atoms with E-state index in [1.54, 1.807) is 0 Å². The summed E-state index contributed by atoms with van der Waals surface area (Å²) in [5, 5.41) is 9.79. The van der Waals surface area contributed by atoms with Crippen molar-refractivity contribution in [1.29, 1.82) is 0 Å². The second-order valence-corrected chi connectivity index (χ2v) is 20.9. The van der Waals surface area contributed by atoms with Gasteiger partial charge in [0.2, 0.25) is 0 Å². The first kappa shape index (κ1) is 69.2. The number of esters is 3. The Bertz CT molecular complexity index is 1440. The lowest BCUT2D eigenvalue weighted by Crippen LogP contribution is -2.30. The maximum Gasteiger partial charge on any atom is 0.472 e. The quantitative estimate of drug-likeness (QED) is 0.0197. The molecule has 72 heavy (non-hydrogen) atoms. The van der Waals surface area contributed by atoms with Crippen LogP contribution in [0.25, 0.3) is 0 Å². The molecule has 418 valence electrons. The van der Waals surface area contributed by atoms with Crippen molar-refractivity contribution >= 4 is 25.7 Å². The van der Waals surface area contributed by atoms with Crippen LogP contribution in [0, 0.1) is 0 Å². The summed E-state index contributed by atoms with van der Waals surface area (Å²) in [6, 6.07) is 0. The largest absolute Gasteiger partial charge is 0.472 e. The van der Waals surface area contributed by atoms with Crippen LogP contribution in [0.3, 0.4) is 0 Å². The molecule has 12 heteroatoms. The topological polar surface area (TPSA) is 155 Å². The number of hydrogen-bond donors (Lipinski definition) is 2. The molecule has 0 aromatic heterocycles. The highest BCUT2D eigenvalue weighted by atomic mass is 31.2. The number of unbranched alkanes of at least 4 members (excludes halogenated alkanes) is 27. The molecule has 0 heterocycles. The molecule has 0 bridgehead atoms. The lowest BCUT2D eigenvalue weighted by Gasteiger charge is -2.21. The van der Waals surface area contributed by atoms with Crippen molar-refractivity contribution in [2.45, 2.75) is 277 Å². The van der Waals surface area contributed by atoms with Gasteiger partial charge in [0.05, 0.1) is 19.8 Å². The van der Waals surface area contributed by atoms with E-state index in [1.807, 2.05) is 0 Å². The van der Waals surface area contributed by atoms with Gasteiger partial charge in [-0.1, -0.05) is 216 Å². The Morgan fingerprint density at radius 1 is 0.389 bits per heavy atom. The van der Waals surface area contributed by atoms with Gasteiger partial charge < -0.3 is 24.2 Å². The van der Waals surface area contributed by atoms with E-state index in [-0.39, 0.29) is 25.9 Å². The fourth-order valence-electron chi connectivity index (χ4n) is 7.92. The van der Waals surface area contributed by atoms with E-state index in [2.05, 4.69) is 81.5 Å². The van der Waals surface area contributed by atoms with Crippen LogP contribution in [-0.4, -0.2) is 66.5 Å². The third-order valence-electron chi connectivity index (χ3n) is 12.4. The van der Waals surface area contributed by atoms with Crippen LogP contribution < -0.4 is 0 Å². The third-order valence-corrected chi connectivity index (χ3v) is 13.4. The van der Waals surface area contributed by atoms with E-state index < -0.39 is 57.8 Å². The Balaban J connectivity index is 4.75. The normalized spacial score (nSPS) is 13.8. The van der Waals surface area contributed by atoms with Gasteiger partial charge in [0.1, 0.15) is 12.7 Å². The standard InChI is InChI=1S/C60H107O11P/c1-4-7-10-13-16-19-22-24-26-27-28-29-31-32-35-37-40-43-46-49-58(62)67-53-57(71-60(64)51-48-45-42-39-36-33-30-25-23-20-17-14-11-8-5-2)55-69-72(65,66)68-54-56(52-61)70-59(63)50-47-44-41-38-34-21-18-15-12-9-6-3/h16-17,19-20,24-26,28-30,56-57,61H,4-15,18,21-23,27,31-55H2,1-3H3,(H,65,66)/b19-16-,20-17-,26-24-,29-28-,30-25-. The summed E-state index contributed by atoms with van der Waals surface area (Å²) in [6.07, 6.45) is 58.9. The van der Waals surface area contributed by atoms with Crippen LogP contribution in [0.5, 0.6) is 0 Å². The number of allylic oxidation sites excluding steroid dienone is 10. The minimum Gasteiger partial charge on any atom is -0.462 e. The average molecular weight is 1040 g/mol. The minimum absolute atomic E-state index is 0.149. The molecule has 0 radical (unpaired) electrons. The molecule has 0 aliphatic carbocycles. The van der Waals surface area contributed by atoms with Crippen molar-refractivity contribution in [2.24, 2.45) is 0 Å². The Labute approximate surface area is 440 Å². The summed E-state index contributed by atoms with van der Waals surface area (Å²) in [5.74, 6) is -1.49. The van der Waals surface area contributed by atoms with E-state index in [1.165, 1.54) is 89.9 Å². The first-order chi connectivity index (χ1) is 35.2. The van der Waals surface area contributed by atoms with Crippen molar-refractivity contribution in [3.05, 3.63) is 60.8 Å². The molecule has 0 fully saturated rings. The SMILES string of the molecule is CCCCC/C=C\C/C=C\C/C=C\CCCCCCCCC(=O)OCC(COP(=O)(O)OCC(CO)OC(=O)CCCCCCCCCCCCC)OC(=O)CCCCCCC/C=C\C/C=C\CCCCC. The predicted octanol–water partition coefficient (Wildman–Crippen LogP) is 17.1. The Hall–Kier alpha value is -2.82. The summed E-state index contributed by atoms with van der Waals surface area (Å²) in [5.41, 5.74) is 0. The van der Waals surface area contributed by atoms with Crippen LogP contribution in [0.15, 0.2) is 60.8 Å². The smallest absolute Gasteiger partial charge is 0.462 e. The molecule has 0 aromatic rings. The van der Waals surface area contributed by atoms with Gasteiger partial charge >= 0.3 is 25.7 Å². The summed E-state index contributed by atoms with van der Waals surface area (Å²) in [4.78, 5) is 48.5. The minimum atomic E-state index is -4.75. The number of phosphoric acid groups is 1. The molecule has 2 N–H and O–H groups in total. The molecule has 3 unspecified atom stereocenters. The van der Waals surface area contributed by atoms with Gasteiger partial charge in [-0.25, -0.2) is 4.57 Å². The predicted molar refractivity (Wildman–Crippen MR) is 298 cm³/mol. The van der Waals surface area contributed by atoms with Gasteiger partial charge in [-0.3, -0.25) is 23.4 Å². The molecule has 11 nitrogen and oxygen atoms in total. The lowest BCUT2D eigenvalue weighted by atomic mass is 10.1. The van der Waals surface area contributed by atoms with Crippen molar-refractivity contribution in [3.63, 3.8) is 0 Å². The molecule has 0 aliphatic heterocycles. The van der Waals surface area contributed by atoms with Gasteiger partial charge in [0.15, 0.2) is 6.10 Å². The third kappa shape index (κ3) is 52.1. The highest BCUT2D eigenvalue weighted by molar-refractivity contribution is 7.47. The number of hydrogen-bond acceptors (Lipinski definition) is 10. The number of aliphatic hydroxyl groups excluding tert-OH is 1. The highest BCUT2D eigenvalue weighted by Crippen LogP contribution is 2.43. The number of aliphatic hydroxyl groups is 1. The van der Waals surface area contributed by atoms with E-state index in [9.17, 15) is 28.9 Å². The number of phosphoric ester groups is 1. The Kier molecular flexibility index (Phi) is 52.3. The van der Waals surface area contributed by atoms with Crippen LogP contribution in [-0.2, 0) is 42.2 Å². The van der Waals surface area contributed by atoms with Crippen molar-refractivity contribution < 1.29 is 52.2 Å². The maximum absolute atomic E-state index is 12.9. The second kappa shape index (κ2) is 54.4. The first-order valence-corrected chi connectivity index (χ1v) is 30.7. The zero-order valence-electron chi connectivity index (χ0n) is 46.1. The summed E-state index contributed by atoms with van der Waals surface area (Å²) in [7, 11) is -4.75. The van der Waals surface area contributed by atoms with Gasteiger partial charge in [-0.15, -0.1) is 0 Å². The van der Waals surface area contributed by atoms with Gasteiger partial charge in [-0.2, -0.15) is 0 Å². The number of carbonyl (C=O) groups is 3. The van der Waals surface area contributed by atoms with Crippen LogP contribution in [0.4, 0.5) is 0 Å². The fraction of sp³-hybridized carbons (Fsp3) is 0.783. The van der Waals surface area contributed by atoms with Crippen LogP contribution in [0.2, 0.25) is 0 Å². The number of rotatable bonds is 54. The summed E-state index contributed by atoms with van der Waals surface area (Å²) in [6.45, 7) is 4.57. The molecule has 0 aliphatic rings. The zero-order valence-corrected chi connectivity index (χ0v) is 47.0. The average Bonchev–Trinajstić information content (AvgIpc) is 3.37. The fourth-order valence-corrected chi connectivity index (χ4v) is 8.71. The van der Waals surface area contributed by atoms with E-state index >= 15 is 0 Å². The molecule has 0 saturated carbocycles. The number of ether oxygens (including phenoxy) is 3. The van der Waals surface area contributed by atoms with Gasteiger partial charge in [0.25, 0.3) is 0 Å². The second-order valence-electron chi connectivity index (χ2n) is 19.5. The Morgan fingerprint density at radius 3 is 1.07 bits per heavy atom. The lowest BCUT2D eigenvalue weighted by molar-refractivity contribution is -0.161. The van der Waals surface area contributed by atoms with Crippen molar-refractivity contribution in [3.8, 4) is 0 Å². The summed E-state index contributed by atoms with van der Waals surface area (Å²) >= 11 is 0.